The van der Waals surface area contributed by atoms with Crippen LogP contribution in [0.1, 0.15) is 38.2 Å². The maximum Gasteiger partial charge on any atom is 0.0727 e. The molecule has 1 aliphatic rings. The van der Waals surface area contributed by atoms with Gasteiger partial charge in [-0.1, -0.05) is 36.6 Å². The van der Waals surface area contributed by atoms with E-state index in [4.69, 9.17) is 17.3 Å². The molecule has 0 saturated heterocycles. The second-order valence-electron chi connectivity index (χ2n) is 5.77. The number of nitrogens with two attached hydrogens (primary N) is 1. The number of hydrogen-bond donors (Lipinski definition) is 2. The lowest BCUT2D eigenvalue weighted by molar-refractivity contribution is -0.0625. The van der Waals surface area contributed by atoms with E-state index >= 15 is 0 Å². The average molecular weight is 268 g/mol. The van der Waals surface area contributed by atoms with E-state index in [1.54, 1.807) is 0 Å². The predicted molar refractivity (Wildman–Crippen MR) is 75.7 cm³/mol. The van der Waals surface area contributed by atoms with Crippen LogP contribution in [-0.4, -0.2) is 17.3 Å². The third kappa shape index (κ3) is 2.56. The van der Waals surface area contributed by atoms with Crippen molar-refractivity contribution >= 4 is 11.6 Å². The normalized spacial score (nSPS) is 21.8. The van der Waals surface area contributed by atoms with E-state index < -0.39 is 5.60 Å². The van der Waals surface area contributed by atoms with Crippen molar-refractivity contribution < 1.29 is 5.11 Å². The average Bonchev–Trinajstić information content (AvgIpc) is 2.82. The predicted octanol–water partition coefficient (Wildman–Crippen LogP) is 3.15. The molecule has 3 heteroatoms. The van der Waals surface area contributed by atoms with Crippen LogP contribution in [0.5, 0.6) is 0 Å². The molecular weight excluding hydrogens is 246 g/mol. The molecule has 100 valence electrons. The van der Waals surface area contributed by atoms with Crippen LogP contribution >= 0.6 is 11.6 Å². The Labute approximate surface area is 114 Å². The Morgan fingerprint density at radius 1 is 1.28 bits per heavy atom. The summed E-state index contributed by atoms with van der Waals surface area (Å²) < 4.78 is 0. The molecule has 0 radical (unpaired) electrons. The van der Waals surface area contributed by atoms with Crippen LogP contribution in [0.2, 0.25) is 5.02 Å². The first-order chi connectivity index (χ1) is 8.49. The largest absolute Gasteiger partial charge is 0.389 e. The minimum atomic E-state index is -0.744. The standard InChI is InChI=1S/C15H22ClNO/c1-14(18,15(11-17)8-2-3-9-15)10-12-4-6-13(16)7-5-12/h4-7,18H,2-3,8-11,17H2,1H3. The fourth-order valence-corrected chi connectivity index (χ4v) is 3.33. The zero-order valence-electron chi connectivity index (χ0n) is 11.0. The third-order valence-corrected chi connectivity index (χ3v) is 4.81. The summed E-state index contributed by atoms with van der Waals surface area (Å²) in [7, 11) is 0. The molecule has 0 bridgehead atoms. The highest BCUT2D eigenvalue weighted by molar-refractivity contribution is 6.30. The molecule has 0 heterocycles. The summed E-state index contributed by atoms with van der Waals surface area (Å²) in [4.78, 5) is 0. The van der Waals surface area contributed by atoms with Crippen molar-refractivity contribution in [1.82, 2.24) is 0 Å². The Bertz CT molecular complexity index is 393. The lowest BCUT2D eigenvalue weighted by Gasteiger charge is -2.42. The Morgan fingerprint density at radius 2 is 1.83 bits per heavy atom. The summed E-state index contributed by atoms with van der Waals surface area (Å²) in [5, 5.41) is 11.6. The summed E-state index contributed by atoms with van der Waals surface area (Å²) >= 11 is 5.88. The van der Waals surface area contributed by atoms with E-state index in [0.717, 1.165) is 23.4 Å². The minimum Gasteiger partial charge on any atom is -0.389 e. The molecule has 2 rings (SSSR count). The van der Waals surface area contributed by atoms with E-state index in [-0.39, 0.29) is 5.41 Å². The summed E-state index contributed by atoms with van der Waals surface area (Å²) in [5.41, 5.74) is 6.20. The molecule has 1 fully saturated rings. The monoisotopic (exact) mass is 267 g/mol. The van der Waals surface area contributed by atoms with E-state index in [9.17, 15) is 5.11 Å². The molecule has 0 aliphatic heterocycles. The Morgan fingerprint density at radius 3 is 2.33 bits per heavy atom. The van der Waals surface area contributed by atoms with Gasteiger partial charge in [0.25, 0.3) is 0 Å². The van der Waals surface area contributed by atoms with Crippen LogP contribution in [0.15, 0.2) is 24.3 Å². The molecule has 1 aromatic carbocycles. The molecule has 1 unspecified atom stereocenters. The number of hydrogen-bond acceptors (Lipinski definition) is 2. The van der Waals surface area contributed by atoms with Gasteiger partial charge in [-0.05, 0) is 37.5 Å². The van der Waals surface area contributed by atoms with Gasteiger partial charge in [-0.25, -0.2) is 0 Å². The SMILES string of the molecule is CC(O)(Cc1ccc(Cl)cc1)C1(CN)CCCC1. The topological polar surface area (TPSA) is 46.2 Å². The van der Waals surface area contributed by atoms with Gasteiger partial charge >= 0.3 is 0 Å². The van der Waals surface area contributed by atoms with Crippen molar-refractivity contribution in [2.75, 3.05) is 6.54 Å². The van der Waals surface area contributed by atoms with Gasteiger partial charge in [0.2, 0.25) is 0 Å². The third-order valence-electron chi connectivity index (χ3n) is 4.56. The van der Waals surface area contributed by atoms with Gasteiger partial charge in [0.1, 0.15) is 0 Å². The fraction of sp³-hybridized carbons (Fsp3) is 0.600. The molecule has 3 N–H and O–H groups in total. The van der Waals surface area contributed by atoms with Crippen LogP contribution in [0.3, 0.4) is 0 Å². The van der Waals surface area contributed by atoms with Crippen LogP contribution in [0.25, 0.3) is 0 Å². The highest BCUT2D eigenvalue weighted by atomic mass is 35.5. The van der Waals surface area contributed by atoms with Crippen molar-refractivity contribution in [2.45, 2.75) is 44.6 Å². The molecule has 1 atom stereocenters. The van der Waals surface area contributed by atoms with Crippen LogP contribution in [-0.2, 0) is 6.42 Å². The van der Waals surface area contributed by atoms with E-state index in [1.165, 1.54) is 12.8 Å². The number of halogens is 1. The van der Waals surface area contributed by atoms with Crippen LogP contribution in [0.4, 0.5) is 0 Å². The highest BCUT2D eigenvalue weighted by Gasteiger charge is 2.47. The molecule has 1 aromatic rings. The Kier molecular flexibility index (Phi) is 4.00. The van der Waals surface area contributed by atoms with Crippen LogP contribution in [0, 0.1) is 5.41 Å². The number of benzene rings is 1. The van der Waals surface area contributed by atoms with Crippen molar-refractivity contribution in [3.05, 3.63) is 34.9 Å². The van der Waals surface area contributed by atoms with Crippen molar-refractivity contribution in [3.63, 3.8) is 0 Å². The zero-order chi connectivity index (χ0) is 13.2. The van der Waals surface area contributed by atoms with E-state index in [2.05, 4.69) is 0 Å². The molecule has 18 heavy (non-hydrogen) atoms. The summed E-state index contributed by atoms with van der Waals surface area (Å²) in [6.45, 7) is 2.49. The molecule has 2 nitrogen and oxygen atoms in total. The van der Waals surface area contributed by atoms with E-state index in [1.807, 2.05) is 31.2 Å². The first-order valence-corrected chi connectivity index (χ1v) is 7.04. The van der Waals surface area contributed by atoms with Crippen molar-refractivity contribution in [1.29, 1.82) is 0 Å². The van der Waals surface area contributed by atoms with Crippen molar-refractivity contribution in [2.24, 2.45) is 11.1 Å². The second-order valence-corrected chi connectivity index (χ2v) is 6.21. The van der Waals surface area contributed by atoms with Gasteiger partial charge in [0, 0.05) is 23.4 Å². The maximum atomic E-state index is 10.9. The molecule has 1 saturated carbocycles. The fourth-order valence-electron chi connectivity index (χ4n) is 3.20. The van der Waals surface area contributed by atoms with Gasteiger partial charge in [-0.2, -0.15) is 0 Å². The summed E-state index contributed by atoms with van der Waals surface area (Å²) in [6, 6.07) is 7.71. The first kappa shape index (κ1) is 13.9. The van der Waals surface area contributed by atoms with Crippen molar-refractivity contribution in [3.8, 4) is 0 Å². The second kappa shape index (κ2) is 5.20. The maximum absolute atomic E-state index is 10.9. The summed E-state index contributed by atoms with van der Waals surface area (Å²) in [6.07, 6.45) is 5.05. The Balaban J connectivity index is 2.17. The quantitative estimate of drug-likeness (QED) is 0.880. The molecule has 0 amide bonds. The van der Waals surface area contributed by atoms with Gasteiger partial charge < -0.3 is 10.8 Å². The minimum absolute atomic E-state index is 0.118. The van der Waals surface area contributed by atoms with E-state index in [0.29, 0.717) is 13.0 Å². The first-order valence-electron chi connectivity index (χ1n) is 6.66. The number of aliphatic hydroxyl groups is 1. The lowest BCUT2D eigenvalue weighted by atomic mass is 9.68. The lowest BCUT2D eigenvalue weighted by Crippen LogP contribution is -2.50. The smallest absolute Gasteiger partial charge is 0.0727 e. The molecule has 0 spiro atoms. The van der Waals surface area contributed by atoms with Gasteiger partial charge in [-0.3, -0.25) is 0 Å². The molecular formula is C15H22ClNO. The molecule has 1 aliphatic carbocycles. The number of rotatable bonds is 4. The van der Waals surface area contributed by atoms with Gasteiger partial charge in [-0.15, -0.1) is 0 Å². The Hall–Kier alpha value is -0.570. The van der Waals surface area contributed by atoms with Crippen LogP contribution < -0.4 is 5.73 Å². The summed E-state index contributed by atoms with van der Waals surface area (Å²) in [5.74, 6) is 0. The molecule has 0 aromatic heterocycles. The van der Waals surface area contributed by atoms with Gasteiger partial charge in [0.05, 0.1) is 5.60 Å². The zero-order valence-corrected chi connectivity index (χ0v) is 11.7. The highest BCUT2D eigenvalue weighted by Crippen LogP contribution is 2.47. The van der Waals surface area contributed by atoms with Gasteiger partial charge in [0.15, 0.2) is 0 Å².